The fourth-order valence-electron chi connectivity index (χ4n) is 3.25. The molecule has 1 fully saturated rings. The molecule has 2 aromatic rings. The Morgan fingerprint density at radius 1 is 1.30 bits per heavy atom. The van der Waals surface area contributed by atoms with Crippen LogP contribution in [0.3, 0.4) is 0 Å². The van der Waals surface area contributed by atoms with Gasteiger partial charge in [-0.2, -0.15) is 0 Å². The predicted molar refractivity (Wildman–Crippen MR) is 93.0 cm³/mol. The van der Waals surface area contributed by atoms with E-state index in [4.69, 9.17) is 11.6 Å². The van der Waals surface area contributed by atoms with Crippen molar-refractivity contribution in [1.82, 2.24) is 15.2 Å². The van der Waals surface area contributed by atoms with Crippen molar-refractivity contribution in [3.8, 4) is 0 Å². The molecule has 1 aromatic heterocycles. The molecule has 0 spiro atoms. The minimum Gasteiger partial charge on any atom is -0.356 e. The second-order valence-corrected chi connectivity index (χ2v) is 6.80. The highest BCUT2D eigenvalue weighted by Gasteiger charge is 2.35. The Labute approximate surface area is 141 Å². The van der Waals surface area contributed by atoms with Crippen molar-refractivity contribution in [1.29, 1.82) is 0 Å². The number of carbonyl (C=O) groups excluding carboxylic acids is 1. The molecular formula is C18H22ClN3O. The van der Waals surface area contributed by atoms with E-state index in [1.165, 1.54) is 5.56 Å². The van der Waals surface area contributed by atoms with E-state index in [1.807, 2.05) is 6.07 Å². The van der Waals surface area contributed by atoms with E-state index in [0.29, 0.717) is 17.3 Å². The van der Waals surface area contributed by atoms with Crippen LogP contribution in [0.15, 0.2) is 42.6 Å². The third-order valence-corrected chi connectivity index (χ3v) is 5.03. The van der Waals surface area contributed by atoms with Crippen LogP contribution in [-0.2, 0) is 5.41 Å². The maximum atomic E-state index is 12.3. The van der Waals surface area contributed by atoms with Crippen molar-refractivity contribution in [2.75, 3.05) is 26.7 Å². The third kappa shape index (κ3) is 3.59. The summed E-state index contributed by atoms with van der Waals surface area (Å²) >= 11 is 5.88. The number of hydrogen-bond acceptors (Lipinski definition) is 2. The molecule has 0 unspecified atom stereocenters. The van der Waals surface area contributed by atoms with Crippen LogP contribution in [0, 0.1) is 0 Å². The van der Waals surface area contributed by atoms with Gasteiger partial charge in [-0.1, -0.05) is 41.9 Å². The SMILES string of the molecule is CN1CCC(CNC(=O)c2cc(Cl)c[nH]2)(c2ccccc2)CC1. The van der Waals surface area contributed by atoms with Crippen LogP contribution in [0.4, 0.5) is 0 Å². The second-order valence-electron chi connectivity index (χ2n) is 6.36. The van der Waals surface area contributed by atoms with E-state index in [-0.39, 0.29) is 11.3 Å². The van der Waals surface area contributed by atoms with Gasteiger partial charge in [0.25, 0.3) is 5.91 Å². The summed E-state index contributed by atoms with van der Waals surface area (Å²) in [5.41, 5.74) is 1.81. The summed E-state index contributed by atoms with van der Waals surface area (Å²) < 4.78 is 0. The molecule has 0 bridgehead atoms. The highest BCUT2D eigenvalue weighted by Crippen LogP contribution is 2.34. The van der Waals surface area contributed by atoms with E-state index < -0.39 is 0 Å². The normalized spacial score (nSPS) is 17.8. The predicted octanol–water partition coefficient (Wildman–Crippen LogP) is 3.06. The number of carbonyl (C=O) groups is 1. The Kier molecular flexibility index (Phi) is 4.74. The zero-order valence-electron chi connectivity index (χ0n) is 13.3. The zero-order valence-corrected chi connectivity index (χ0v) is 14.1. The van der Waals surface area contributed by atoms with Crippen LogP contribution in [0.25, 0.3) is 0 Å². The lowest BCUT2D eigenvalue weighted by Crippen LogP contribution is -2.48. The van der Waals surface area contributed by atoms with Crippen LogP contribution < -0.4 is 5.32 Å². The first kappa shape index (κ1) is 16.1. The molecule has 2 heterocycles. The van der Waals surface area contributed by atoms with Gasteiger partial charge in [-0.3, -0.25) is 4.79 Å². The number of piperidine rings is 1. The van der Waals surface area contributed by atoms with Crippen LogP contribution in [0.5, 0.6) is 0 Å². The number of nitrogens with one attached hydrogen (secondary N) is 2. The number of aromatic amines is 1. The lowest BCUT2D eigenvalue weighted by atomic mass is 9.72. The van der Waals surface area contributed by atoms with Gasteiger partial charge in [-0.15, -0.1) is 0 Å². The molecule has 1 amide bonds. The first-order chi connectivity index (χ1) is 11.1. The van der Waals surface area contributed by atoms with Gasteiger partial charge in [0.15, 0.2) is 0 Å². The lowest BCUT2D eigenvalue weighted by Gasteiger charge is -2.41. The number of rotatable bonds is 4. The first-order valence-corrected chi connectivity index (χ1v) is 8.33. The molecule has 122 valence electrons. The number of nitrogens with zero attached hydrogens (tertiary/aromatic N) is 1. The Hall–Kier alpha value is -1.78. The van der Waals surface area contributed by atoms with Gasteiger partial charge in [0.05, 0.1) is 5.02 Å². The highest BCUT2D eigenvalue weighted by atomic mass is 35.5. The van der Waals surface area contributed by atoms with Gasteiger partial charge in [0, 0.05) is 18.2 Å². The van der Waals surface area contributed by atoms with E-state index in [0.717, 1.165) is 25.9 Å². The zero-order chi connectivity index (χ0) is 16.3. The van der Waals surface area contributed by atoms with Crippen molar-refractivity contribution in [3.63, 3.8) is 0 Å². The van der Waals surface area contributed by atoms with E-state index in [2.05, 4.69) is 46.5 Å². The highest BCUT2D eigenvalue weighted by molar-refractivity contribution is 6.30. The minimum atomic E-state index is -0.105. The van der Waals surface area contributed by atoms with Crippen molar-refractivity contribution >= 4 is 17.5 Å². The summed E-state index contributed by atoms with van der Waals surface area (Å²) in [5, 5.41) is 3.64. The van der Waals surface area contributed by atoms with Crippen molar-refractivity contribution < 1.29 is 4.79 Å². The van der Waals surface area contributed by atoms with Gasteiger partial charge in [-0.25, -0.2) is 0 Å². The Morgan fingerprint density at radius 3 is 2.61 bits per heavy atom. The molecule has 1 aliphatic heterocycles. The van der Waals surface area contributed by atoms with Crippen molar-refractivity contribution in [3.05, 3.63) is 58.9 Å². The van der Waals surface area contributed by atoms with E-state index in [1.54, 1.807) is 12.3 Å². The van der Waals surface area contributed by atoms with Crippen LogP contribution in [0.1, 0.15) is 28.9 Å². The Morgan fingerprint density at radius 2 is 2.00 bits per heavy atom. The quantitative estimate of drug-likeness (QED) is 0.904. The number of halogens is 1. The Balaban J connectivity index is 1.76. The number of hydrogen-bond donors (Lipinski definition) is 2. The molecule has 0 aliphatic carbocycles. The number of amides is 1. The van der Waals surface area contributed by atoms with Gasteiger partial charge in [0.2, 0.25) is 0 Å². The summed E-state index contributed by atoms with van der Waals surface area (Å²) in [6, 6.07) is 12.2. The summed E-state index contributed by atoms with van der Waals surface area (Å²) in [6.45, 7) is 2.72. The largest absolute Gasteiger partial charge is 0.356 e. The van der Waals surface area contributed by atoms with Gasteiger partial charge >= 0.3 is 0 Å². The third-order valence-electron chi connectivity index (χ3n) is 4.81. The molecule has 0 radical (unpaired) electrons. The Bertz CT molecular complexity index is 660. The van der Waals surface area contributed by atoms with Gasteiger partial charge < -0.3 is 15.2 Å². The standard InChI is InChI=1S/C18H22ClN3O/c1-22-9-7-18(8-10-22,14-5-3-2-4-6-14)13-21-17(23)16-11-15(19)12-20-16/h2-6,11-12,20H,7-10,13H2,1H3,(H,21,23). The molecule has 23 heavy (non-hydrogen) atoms. The van der Waals surface area contributed by atoms with Gasteiger partial charge in [-0.05, 0) is 44.6 Å². The number of likely N-dealkylation sites (tertiary alicyclic amines) is 1. The fraction of sp³-hybridized carbons (Fsp3) is 0.389. The smallest absolute Gasteiger partial charge is 0.267 e. The van der Waals surface area contributed by atoms with Crippen molar-refractivity contribution in [2.45, 2.75) is 18.3 Å². The molecule has 1 aliphatic rings. The summed E-state index contributed by atoms with van der Waals surface area (Å²) in [5.74, 6) is -0.105. The van der Waals surface area contributed by atoms with Crippen LogP contribution >= 0.6 is 11.6 Å². The minimum absolute atomic E-state index is 0.000181. The molecular weight excluding hydrogens is 310 g/mol. The molecule has 4 nitrogen and oxygen atoms in total. The van der Waals surface area contributed by atoms with Crippen molar-refractivity contribution in [2.24, 2.45) is 0 Å². The maximum absolute atomic E-state index is 12.3. The molecule has 2 N–H and O–H groups in total. The monoisotopic (exact) mass is 331 g/mol. The van der Waals surface area contributed by atoms with Gasteiger partial charge in [0.1, 0.15) is 5.69 Å². The summed E-state index contributed by atoms with van der Waals surface area (Å²) in [4.78, 5) is 17.6. The van der Waals surface area contributed by atoms with Crippen LogP contribution in [-0.4, -0.2) is 42.5 Å². The van der Waals surface area contributed by atoms with Crippen LogP contribution in [0.2, 0.25) is 5.02 Å². The maximum Gasteiger partial charge on any atom is 0.267 e. The fourth-order valence-corrected chi connectivity index (χ4v) is 3.41. The number of benzene rings is 1. The average Bonchev–Trinajstić information content (AvgIpc) is 3.02. The first-order valence-electron chi connectivity index (χ1n) is 7.95. The lowest BCUT2D eigenvalue weighted by molar-refractivity contribution is 0.0923. The second kappa shape index (κ2) is 6.77. The number of H-pyrrole nitrogens is 1. The van der Waals surface area contributed by atoms with E-state index in [9.17, 15) is 4.79 Å². The molecule has 3 rings (SSSR count). The topological polar surface area (TPSA) is 48.1 Å². The molecule has 5 heteroatoms. The average molecular weight is 332 g/mol. The number of aromatic nitrogens is 1. The molecule has 1 aromatic carbocycles. The summed E-state index contributed by atoms with van der Waals surface area (Å²) in [7, 11) is 2.15. The molecule has 0 atom stereocenters. The van der Waals surface area contributed by atoms with E-state index >= 15 is 0 Å². The molecule has 1 saturated heterocycles. The molecule has 0 saturated carbocycles. The summed E-state index contributed by atoms with van der Waals surface area (Å²) in [6.07, 6.45) is 3.71.